The molecule has 0 fully saturated rings. The van der Waals surface area contributed by atoms with E-state index in [9.17, 15) is 4.79 Å². The van der Waals surface area contributed by atoms with E-state index in [1.54, 1.807) is 12.4 Å². The minimum atomic E-state index is 0.0187. The molecule has 0 saturated carbocycles. The van der Waals surface area contributed by atoms with Crippen LogP contribution in [0.15, 0.2) is 35.4 Å². The summed E-state index contributed by atoms with van der Waals surface area (Å²) in [5.74, 6) is 0.641. The van der Waals surface area contributed by atoms with Gasteiger partial charge in [-0.05, 0) is 25.0 Å². The van der Waals surface area contributed by atoms with Gasteiger partial charge >= 0.3 is 0 Å². The van der Waals surface area contributed by atoms with Gasteiger partial charge in [-0.1, -0.05) is 32.3 Å². The minimum Gasteiger partial charge on any atom is -0.297 e. The topological polar surface area (TPSA) is 50.7 Å². The predicted octanol–water partition coefficient (Wildman–Crippen LogP) is 2.68. The van der Waals surface area contributed by atoms with Crippen molar-refractivity contribution in [3.05, 3.63) is 46.5 Å². The van der Waals surface area contributed by atoms with Gasteiger partial charge in [0.1, 0.15) is 0 Å². The van der Waals surface area contributed by atoms with E-state index in [-0.39, 0.29) is 5.56 Å². The summed E-state index contributed by atoms with van der Waals surface area (Å²) >= 11 is 0. The Labute approximate surface area is 107 Å². The second-order valence-corrected chi connectivity index (χ2v) is 4.44. The molecule has 0 spiro atoms. The van der Waals surface area contributed by atoms with E-state index in [4.69, 9.17) is 0 Å². The van der Waals surface area contributed by atoms with E-state index in [1.807, 2.05) is 18.2 Å². The molecule has 96 valence electrons. The number of nitrogens with one attached hydrogen (secondary N) is 1. The lowest BCUT2D eigenvalue weighted by molar-refractivity contribution is 0.665. The van der Waals surface area contributed by atoms with Crippen LogP contribution in [0, 0.1) is 0 Å². The molecule has 2 aromatic rings. The third-order valence-electron chi connectivity index (χ3n) is 3.02. The van der Waals surface area contributed by atoms with Gasteiger partial charge in [0.2, 0.25) is 0 Å². The lowest BCUT2D eigenvalue weighted by atomic mass is 10.1. The minimum absolute atomic E-state index is 0.0187. The molecule has 0 aromatic carbocycles. The van der Waals surface area contributed by atoms with Crippen molar-refractivity contribution in [1.29, 1.82) is 0 Å². The number of aromatic amines is 1. The molecule has 0 saturated heterocycles. The van der Waals surface area contributed by atoms with Gasteiger partial charge < -0.3 is 0 Å². The van der Waals surface area contributed by atoms with E-state index >= 15 is 0 Å². The highest BCUT2D eigenvalue weighted by Crippen LogP contribution is 2.05. The Kier molecular flexibility index (Phi) is 4.34. The standard InChI is InChI=1S/C14H19N3O/c1-2-3-4-5-8-12-11-16-17(14(12)18)13-9-6-7-10-15-13/h6-7,9-11,16H,2-5,8H2,1H3. The van der Waals surface area contributed by atoms with Crippen LogP contribution in [0.1, 0.15) is 38.2 Å². The van der Waals surface area contributed by atoms with Crippen molar-refractivity contribution in [3.8, 4) is 5.82 Å². The first-order chi connectivity index (χ1) is 8.83. The molecule has 4 nitrogen and oxygen atoms in total. The number of aryl methyl sites for hydroxylation is 1. The molecule has 0 amide bonds. The molecule has 0 bridgehead atoms. The van der Waals surface area contributed by atoms with Gasteiger partial charge in [-0.2, -0.15) is 0 Å². The highest BCUT2D eigenvalue weighted by molar-refractivity contribution is 5.22. The Morgan fingerprint density at radius 2 is 2.17 bits per heavy atom. The van der Waals surface area contributed by atoms with Crippen LogP contribution in [0.2, 0.25) is 0 Å². The first kappa shape index (κ1) is 12.6. The average molecular weight is 245 g/mol. The molecule has 0 aliphatic heterocycles. The van der Waals surface area contributed by atoms with E-state index in [0.29, 0.717) is 5.82 Å². The first-order valence-corrected chi connectivity index (χ1v) is 6.53. The number of H-pyrrole nitrogens is 1. The Bertz CT molecular complexity index is 527. The summed E-state index contributed by atoms with van der Waals surface area (Å²) in [5.41, 5.74) is 0.863. The fraction of sp³-hybridized carbons (Fsp3) is 0.429. The van der Waals surface area contributed by atoms with Gasteiger partial charge in [0.25, 0.3) is 5.56 Å². The summed E-state index contributed by atoms with van der Waals surface area (Å²) < 4.78 is 1.50. The quantitative estimate of drug-likeness (QED) is 0.795. The molecule has 0 aliphatic carbocycles. The number of aromatic nitrogens is 3. The Morgan fingerprint density at radius 1 is 1.28 bits per heavy atom. The zero-order valence-corrected chi connectivity index (χ0v) is 10.7. The maximum absolute atomic E-state index is 12.1. The van der Waals surface area contributed by atoms with Crippen LogP contribution in [-0.2, 0) is 6.42 Å². The number of unbranched alkanes of at least 4 members (excludes halogenated alkanes) is 3. The van der Waals surface area contributed by atoms with Crippen molar-refractivity contribution < 1.29 is 0 Å². The number of hydrogen-bond donors (Lipinski definition) is 1. The molecule has 2 heterocycles. The normalized spacial score (nSPS) is 10.7. The molecule has 4 heteroatoms. The van der Waals surface area contributed by atoms with E-state index < -0.39 is 0 Å². The molecule has 0 atom stereocenters. The van der Waals surface area contributed by atoms with Gasteiger partial charge in [-0.15, -0.1) is 0 Å². The van der Waals surface area contributed by atoms with Crippen LogP contribution < -0.4 is 5.56 Å². The Hall–Kier alpha value is -1.84. The maximum Gasteiger partial charge on any atom is 0.275 e. The third kappa shape index (κ3) is 2.88. The molecule has 2 rings (SSSR count). The number of pyridine rings is 1. The monoisotopic (exact) mass is 245 g/mol. The van der Waals surface area contributed by atoms with E-state index in [1.165, 1.54) is 23.9 Å². The smallest absolute Gasteiger partial charge is 0.275 e. The van der Waals surface area contributed by atoms with Gasteiger partial charge in [-0.25, -0.2) is 9.67 Å². The summed E-state index contributed by atoms with van der Waals surface area (Å²) in [6.45, 7) is 2.18. The van der Waals surface area contributed by atoms with Crippen molar-refractivity contribution in [1.82, 2.24) is 14.8 Å². The molecule has 0 radical (unpaired) electrons. The summed E-state index contributed by atoms with van der Waals surface area (Å²) in [6.07, 6.45) is 9.03. The van der Waals surface area contributed by atoms with Crippen molar-refractivity contribution in [2.45, 2.75) is 39.0 Å². The Balaban J connectivity index is 2.07. The predicted molar refractivity (Wildman–Crippen MR) is 72.0 cm³/mol. The fourth-order valence-corrected chi connectivity index (χ4v) is 1.98. The highest BCUT2D eigenvalue weighted by Gasteiger charge is 2.07. The fourth-order valence-electron chi connectivity index (χ4n) is 1.98. The lowest BCUT2D eigenvalue weighted by Gasteiger charge is -1.98. The van der Waals surface area contributed by atoms with Gasteiger partial charge in [0.05, 0.1) is 0 Å². The van der Waals surface area contributed by atoms with Gasteiger partial charge in [-0.3, -0.25) is 9.89 Å². The van der Waals surface area contributed by atoms with Crippen molar-refractivity contribution in [3.63, 3.8) is 0 Å². The Morgan fingerprint density at radius 3 is 2.89 bits per heavy atom. The molecule has 0 aliphatic rings. The SMILES string of the molecule is CCCCCCc1c[nH]n(-c2ccccn2)c1=O. The zero-order chi connectivity index (χ0) is 12.8. The van der Waals surface area contributed by atoms with Crippen molar-refractivity contribution in [2.24, 2.45) is 0 Å². The lowest BCUT2D eigenvalue weighted by Crippen LogP contribution is -2.18. The maximum atomic E-state index is 12.1. The second-order valence-electron chi connectivity index (χ2n) is 4.44. The second kappa shape index (κ2) is 6.19. The molecule has 18 heavy (non-hydrogen) atoms. The van der Waals surface area contributed by atoms with Crippen LogP contribution in [0.4, 0.5) is 0 Å². The summed E-state index contributed by atoms with van der Waals surface area (Å²) in [4.78, 5) is 16.3. The molecular weight excluding hydrogens is 226 g/mol. The van der Waals surface area contributed by atoms with Crippen LogP contribution in [0.5, 0.6) is 0 Å². The van der Waals surface area contributed by atoms with Crippen LogP contribution in [0.3, 0.4) is 0 Å². The van der Waals surface area contributed by atoms with Crippen molar-refractivity contribution >= 4 is 0 Å². The van der Waals surface area contributed by atoms with Crippen molar-refractivity contribution in [2.75, 3.05) is 0 Å². The highest BCUT2D eigenvalue weighted by atomic mass is 16.1. The summed E-state index contributed by atoms with van der Waals surface area (Å²) in [6, 6.07) is 5.53. The largest absolute Gasteiger partial charge is 0.297 e. The number of nitrogens with zero attached hydrogens (tertiary/aromatic N) is 2. The van der Waals surface area contributed by atoms with Gasteiger partial charge in [0, 0.05) is 18.0 Å². The molecular formula is C14H19N3O. The van der Waals surface area contributed by atoms with Crippen LogP contribution >= 0.6 is 0 Å². The summed E-state index contributed by atoms with van der Waals surface area (Å²) in [5, 5.41) is 2.97. The van der Waals surface area contributed by atoms with Crippen LogP contribution in [-0.4, -0.2) is 14.8 Å². The zero-order valence-electron chi connectivity index (χ0n) is 10.7. The van der Waals surface area contributed by atoms with E-state index in [0.717, 1.165) is 18.4 Å². The first-order valence-electron chi connectivity index (χ1n) is 6.53. The average Bonchev–Trinajstić information content (AvgIpc) is 2.77. The number of hydrogen-bond acceptors (Lipinski definition) is 2. The summed E-state index contributed by atoms with van der Waals surface area (Å²) in [7, 11) is 0. The number of rotatable bonds is 6. The van der Waals surface area contributed by atoms with Gasteiger partial charge in [0.15, 0.2) is 5.82 Å². The third-order valence-corrected chi connectivity index (χ3v) is 3.02. The molecule has 0 unspecified atom stereocenters. The molecule has 1 N–H and O–H groups in total. The van der Waals surface area contributed by atoms with E-state index in [2.05, 4.69) is 17.0 Å². The van der Waals surface area contributed by atoms with Crippen LogP contribution in [0.25, 0.3) is 5.82 Å². The molecule has 2 aromatic heterocycles.